The second-order valence-corrected chi connectivity index (χ2v) is 5.49. The van der Waals surface area contributed by atoms with Crippen LogP contribution in [0.5, 0.6) is 0 Å². The van der Waals surface area contributed by atoms with Gasteiger partial charge in [0, 0.05) is 15.4 Å². The molecule has 4 heteroatoms. The molecule has 100 valence electrons. The van der Waals surface area contributed by atoms with Crippen molar-refractivity contribution in [3.63, 3.8) is 0 Å². The van der Waals surface area contributed by atoms with Gasteiger partial charge in [0.15, 0.2) is 0 Å². The van der Waals surface area contributed by atoms with E-state index in [-0.39, 0.29) is 5.82 Å². The zero-order valence-electron chi connectivity index (χ0n) is 10.6. The molecule has 0 bridgehead atoms. The Kier molecular flexibility index (Phi) is 3.51. The van der Waals surface area contributed by atoms with Gasteiger partial charge in [0.05, 0.1) is 17.3 Å². The van der Waals surface area contributed by atoms with E-state index in [0.29, 0.717) is 11.3 Å². The maximum atomic E-state index is 13.9. The zero-order chi connectivity index (χ0) is 14.1. The lowest BCUT2D eigenvalue weighted by Gasteiger charge is -2.13. The predicted octanol–water partition coefficient (Wildman–Crippen LogP) is 4.18. The van der Waals surface area contributed by atoms with Crippen LogP contribution >= 0.6 is 15.9 Å². The molecule has 2 nitrogen and oxygen atoms in total. The number of fused-ring (bicyclic) bond motifs is 1. The molecule has 0 saturated carbocycles. The van der Waals surface area contributed by atoms with Crippen molar-refractivity contribution in [3.05, 3.63) is 76.1 Å². The first-order valence-electron chi connectivity index (χ1n) is 6.21. The fourth-order valence-corrected chi connectivity index (χ4v) is 2.55. The quantitative estimate of drug-likeness (QED) is 0.765. The molecule has 0 saturated heterocycles. The van der Waals surface area contributed by atoms with Gasteiger partial charge in [0.2, 0.25) is 0 Å². The Hall–Kier alpha value is -1.78. The lowest BCUT2D eigenvalue weighted by Crippen LogP contribution is -2.15. The molecular formula is C16H12BrFN2. The van der Waals surface area contributed by atoms with Gasteiger partial charge in [0.25, 0.3) is 0 Å². The van der Waals surface area contributed by atoms with Gasteiger partial charge in [0.1, 0.15) is 5.82 Å². The standard InChI is InChI=1S/C16H12BrFN2/c17-11-6-7-13(18)12(9-11)16(19)15-8-5-10-3-1-2-4-14(10)20-15/h1-9,16H,19H2. The van der Waals surface area contributed by atoms with Gasteiger partial charge in [-0.25, -0.2) is 4.39 Å². The molecule has 20 heavy (non-hydrogen) atoms. The third-order valence-corrected chi connectivity index (χ3v) is 3.72. The molecule has 0 aliphatic rings. The van der Waals surface area contributed by atoms with E-state index in [1.807, 2.05) is 36.4 Å². The average Bonchev–Trinajstić information content (AvgIpc) is 2.48. The molecule has 3 aromatic rings. The number of pyridine rings is 1. The monoisotopic (exact) mass is 330 g/mol. The summed E-state index contributed by atoms with van der Waals surface area (Å²) in [5.74, 6) is -0.323. The molecule has 0 amide bonds. The van der Waals surface area contributed by atoms with Gasteiger partial charge in [-0.05, 0) is 30.3 Å². The number of nitrogens with zero attached hydrogens (tertiary/aromatic N) is 1. The summed E-state index contributed by atoms with van der Waals surface area (Å²) >= 11 is 3.33. The van der Waals surface area contributed by atoms with Crippen molar-refractivity contribution < 1.29 is 4.39 Å². The average molecular weight is 331 g/mol. The summed E-state index contributed by atoms with van der Waals surface area (Å²) in [6.45, 7) is 0. The first kappa shape index (κ1) is 13.2. The molecule has 0 aliphatic heterocycles. The first-order chi connectivity index (χ1) is 9.65. The number of halogens is 2. The molecule has 3 rings (SSSR count). The summed E-state index contributed by atoms with van der Waals surface area (Å²) < 4.78 is 14.7. The van der Waals surface area contributed by atoms with E-state index in [0.717, 1.165) is 15.4 Å². The molecule has 0 radical (unpaired) electrons. The van der Waals surface area contributed by atoms with Crippen LogP contribution in [-0.4, -0.2) is 4.98 Å². The maximum absolute atomic E-state index is 13.9. The summed E-state index contributed by atoms with van der Waals surface area (Å²) in [4.78, 5) is 4.52. The Morgan fingerprint density at radius 3 is 2.70 bits per heavy atom. The van der Waals surface area contributed by atoms with Crippen LogP contribution in [0.2, 0.25) is 0 Å². The van der Waals surface area contributed by atoms with Gasteiger partial charge in [-0.15, -0.1) is 0 Å². The molecule has 1 aromatic heterocycles. The Balaban J connectivity index is 2.07. The van der Waals surface area contributed by atoms with Crippen molar-refractivity contribution in [3.8, 4) is 0 Å². The highest BCUT2D eigenvalue weighted by molar-refractivity contribution is 9.10. The van der Waals surface area contributed by atoms with Gasteiger partial charge >= 0.3 is 0 Å². The van der Waals surface area contributed by atoms with E-state index < -0.39 is 6.04 Å². The summed E-state index contributed by atoms with van der Waals surface area (Å²) in [6.07, 6.45) is 0. The molecule has 1 heterocycles. The number of hydrogen-bond acceptors (Lipinski definition) is 2. The Labute approximate surface area is 124 Å². The number of hydrogen-bond donors (Lipinski definition) is 1. The molecule has 0 aliphatic carbocycles. The molecular weight excluding hydrogens is 319 g/mol. The first-order valence-corrected chi connectivity index (χ1v) is 7.00. The number of para-hydroxylation sites is 1. The van der Waals surface area contributed by atoms with Crippen LogP contribution in [0.15, 0.2) is 59.1 Å². The highest BCUT2D eigenvalue weighted by Gasteiger charge is 2.15. The maximum Gasteiger partial charge on any atom is 0.128 e. The molecule has 1 unspecified atom stereocenters. The van der Waals surface area contributed by atoms with Crippen molar-refractivity contribution >= 4 is 26.8 Å². The largest absolute Gasteiger partial charge is 0.319 e. The van der Waals surface area contributed by atoms with E-state index in [2.05, 4.69) is 20.9 Å². The predicted molar refractivity (Wildman–Crippen MR) is 81.9 cm³/mol. The highest BCUT2D eigenvalue weighted by Crippen LogP contribution is 2.25. The van der Waals surface area contributed by atoms with Crippen molar-refractivity contribution in [1.82, 2.24) is 4.98 Å². The smallest absolute Gasteiger partial charge is 0.128 e. The fraction of sp³-hybridized carbons (Fsp3) is 0.0625. The number of nitrogens with two attached hydrogens (primary N) is 1. The van der Waals surface area contributed by atoms with Crippen molar-refractivity contribution in [2.45, 2.75) is 6.04 Å². The SMILES string of the molecule is NC(c1ccc2ccccc2n1)c1cc(Br)ccc1F. The topological polar surface area (TPSA) is 38.9 Å². The number of aromatic nitrogens is 1. The van der Waals surface area contributed by atoms with E-state index in [1.54, 1.807) is 12.1 Å². The summed E-state index contributed by atoms with van der Waals surface area (Å²) in [5, 5.41) is 1.04. The fourth-order valence-electron chi connectivity index (χ4n) is 2.17. The molecule has 2 aromatic carbocycles. The van der Waals surface area contributed by atoms with Gasteiger partial charge in [-0.2, -0.15) is 0 Å². The van der Waals surface area contributed by atoms with Gasteiger partial charge in [-0.3, -0.25) is 4.98 Å². The lowest BCUT2D eigenvalue weighted by molar-refractivity contribution is 0.597. The van der Waals surface area contributed by atoms with Crippen molar-refractivity contribution in [2.75, 3.05) is 0 Å². The summed E-state index contributed by atoms with van der Waals surface area (Å²) in [5.41, 5.74) is 8.10. The molecule has 0 spiro atoms. The minimum atomic E-state index is -0.586. The normalized spacial score (nSPS) is 12.6. The zero-order valence-corrected chi connectivity index (χ0v) is 12.1. The molecule has 1 atom stereocenters. The van der Waals surface area contributed by atoms with E-state index in [9.17, 15) is 4.39 Å². The van der Waals surface area contributed by atoms with Crippen LogP contribution in [0, 0.1) is 5.82 Å². The third kappa shape index (κ3) is 2.44. The van der Waals surface area contributed by atoms with Crippen LogP contribution in [0.25, 0.3) is 10.9 Å². The molecule has 0 fully saturated rings. The van der Waals surface area contributed by atoms with Crippen LogP contribution in [0.1, 0.15) is 17.3 Å². The second kappa shape index (κ2) is 5.31. The third-order valence-electron chi connectivity index (χ3n) is 3.23. The Morgan fingerprint density at radius 2 is 1.85 bits per heavy atom. The van der Waals surface area contributed by atoms with Crippen molar-refractivity contribution in [1.29, 1.82) is 0 Å². The number of benzene rings is 2. The summed E-state index contributed by atoms with van der Waals surface area (Å²) in [6, 6.07) is 15.7. The number of rotatable bonds is 2. The van der Waals surface area contributed by atoms with Crippen LogP contribution in [0.3, 0.4) is 0 Å². The van der Waals surface area contributed by atoms with Crippen molar-refractivity contribution in [2.24, 2.45) is 5.73 Å². The van der Waals surface area contributed by atoms with Crippen LogP contribution < -0.4 is 5.73 Å². The lowest BCUT2D eigenvalue weighted by atomic mass is 10.0. The second-order valence-electron chi connectivity index (χ2n) is 4.57. The van der Waals surface area contributed by atoms with E-state index in [1.165, 1.54) is 6.07 Å². The highest BCUT2D eigenvalue weighted by atomic mass is 79.9. The van der Waals surface area contributed by atoms with Gasteiger partial charge in [-0.1, -0.05) is 40.2 Å². The Morgan fingerprint density at radius 1 is 1.05 bits per heavy atom. The Bertz CT molecular complexity index is 773. The van der Waals surface area contributed by atoms with E-state index >= 15 is 0 Å². The van der Waals surface area contributed by atoms with Crippen LogP contribution in [0.4, 0.5) is 4.39 Å². The van der Waals surface area contributed by atoms with E-state index in [4.69, 9.17) is 5.73 Å². The van der Waals surface area contributed by atoms with Crippen LogP contribution in [-0.2, 0) is 0 Å². The summed E-state index contributed by atoms with van der Waals surface area (Å²) in [7, 11) is 0. The van der Waals surface area contributed by atoms with Gasteiger partial charge < -0.3 is 5.73 Å². The minimum Gasteiger partial charge on any atom is -0.319 e. The molecule has 2 N–H and O–H groups in total. The minimum absolute atomic E-state index is 0.323.